The van der Waals surface area contributed by atoms with Crippen molar-refractivity contribution in [2.24, 2.45) is 5.92 Å². The Hall–Kier alpha value is -0.910. The number of halogens is 4. The van der Waals surface area contributed by atoms with Gasteiger partial charge in [-0.25, -0.2) is 8.78 Å². The van der Waals surface area contributed by atoms with Gasteiger partial charge in [-0.1, -0.05) is 23.2 Å². The third-order valence-corrected chi connectivity index (χ3v) is 4.21. The fourth-order valence-corrected chi connectivity index (χ4v) is 2.72. The Balaban J connectivity index is 1.87. The van der Waals surface area contributed by atoms with Crippen molar-refractivity contribution in [3.63, 3.8) is 0 Å². The number of carbonyl (C=O) groups is 1. The Morgan fingerprint density at radius 3 is 2.81 bits per heavy atom. The van der Waals surface area contributed by atoms with Gasteiger partial charge in [-0.05, 0) is 37.6 Å². The number of carbonyl (C=O) groups excluding carboxylic acids is 1. The van der Waals surface area contributed by atoms with E-state index in [2.05, 4.69) is 5.32 Å². The van der Waals surface area contributed by atoms with E-state index in [9.17, 15) is 13.6 Å². The van der Waals surface area contributed by atoms with Crippen LogP contribution in [-0.4, -0.2) is 36.9 Å². The fraction of sp³-hybridized carbons (Fsp3) is 0.500. The highest BCUT2D eigenvalue weighted by molar-refractivity contribution is 6.42. The number of hydrogen-bond acceptors (Lipinski definition) is 2. The highest BCUT2D eigenvalue weighted by Crippen LogP contribution is 2.25. The molecule has 0 bridgehead atoms. The molecule has 1 aromatic rings. The van der Waals surface area contributed by atoms with Crippen molar-refractivity contribution in [2.75, 3.05) is 25.0 Å². The summed E-state index contributed by atoms with van der Waals surface area (Å²) in [6.45, 7) is 1.02. The Labute approximate surface area is 132 Å². The second kappa shape index (κ2) is 7.38. The molecule has 2 rings (SSSR count). The molecule has 1 amide bonds. The molecule has 1 unspecified atom stereocenters. The van der Waals surface area contributed by atoms with Crippen molar-refractivity contribution in [3.8, 4) is 0 Å². The lowest BCUT2D eigenvalue weighted by Crippen LogP contribution is -2.42. The van der Waals surface area contributed by atoms with Gasteiger partial charge in [0, 0.05) is 18.2 Å². The predicted octanol–water partition coefficient (Wildman–Crippen LogP) is 3.91. The molecule has 1 N–H and O–H groups in total. The van der Waals surface area contributed by atoms with Crippen LogP contribution in [-0.2, 0) is 4.79 Å². The van der Waals surface area contributed by atoms with Crippen molar-refractivity contribution in [2.45, 2.75) is 19.3 Å². The van der Waals surface area contributed by atoms with Crippen LogP contribution in [0.15, 0.2) is 18.2 Å². The van der Waals surface area contributed by atoms with E-state index in [4.69, 9.17) is 23.2 Å². The van der Waals surface area contributed by atoms with Gasteiger partial charge in [0.05, 0.1) is 16.6 Å². The summed E-state index contributed by atoms with van der Waals surface area (Å²) in [7, 11) is 0. The third kappa shape index (κ3) is 4.80. The Morgan fingerprint density at radius 2 is 2.14 bits per heavy atom. The lowest BCUT2D eigenvalue weighted by Gasteiger charge is -2.31. The average molecular weight is 337 g/mol. The van der Waals surface area contributed by atoms with E-state index in [-0.39, 0.29) is 19.0 Å². The van der Waals surface area contributed by atoms with Crippen molar-refractivity contribution < 1.29 is 13.6 Å². The molecule has 1 aliphatic heterocycles. The van der Waals surface area contributed by atoms with Crippen LogP contribution in [0.1, 0.15) is 12.8 Å². The number of piperidine rings is 1. The third-order valence-electron chi connectivity index (χ3n) is 3.47. The van der Waals surface area contributed by atoms with E-state index in [0.29, 0.717) is 35.1 Å². The van der Waals surface area contributed by atoms with E-state index in [1.165, 1.54) is 0 Å². The Kier molecular flexibility index (Phi) is 5.79. The van der Waals surface area contributed by atoms with Gasteiger partial charge < -0.3 is 5.32 Å². The normalized spacial score (nSPS) is 19.8. The van der Waals surface area contributed by atoms with Gasteiger partial charge in [0.1, 0.15) is 0 Å². The van der Waals surface area contributed by atoms with Crippen LogP contribution in [0, 0.1) is 5.92 Å². The van der Waals surface area contributed by atoms with Gasteiger partial charge in [0.25, 0.3) is 0 Å². The second-order valence-corrected chi connectivity index (χ2v) is 5.96. The molecule has 21 heavy (non-hydrogen) atoms. The first-order valence-corrected chi connectivity index (χ1v) is 7.46. The van der Waals surface area contributed by atoms with Crippen LogP contribution in [0.4, 0.5) is 14.5 Å². The first-order chi connectivity index (χ1) is 9.95. The number of hydrogen-bond donors (Lipinski definition) is 1. The summed E-state index contributed by atoms with van der Waals surface area (Å²) in [5.74, 6) is -0.889. The molecule has 0 saturated carbocycles. The lowest BCUT2D eigenvalue weighted by atomic mass is 9.99. The number of likely N-dealkylation sites (tertiary alicyclic amines) is 1. The number of alkyl halides is 2. The van der Waals surface area contributed by atoms with Gasteiger partial charge in [-0.15, -0.1) is 0 Å². The summed E-state index contributed by atoms with van der Waals surface area (Å²) < 4.78 is 25.4. The zero-order valence-electron chi connectivity index (χ0n) is 11.3. The molecule has 0 aliphatic carbocycles. The van der Waals surface area contributed by atoms with Gasteiger partial charge in [-0.2, -0.15) is 0 Å². The van der Waals surface area contributed by atoms with Crippen LogP contribution in [0.3, 0.4) is 0 Å². The molecule has 0 spiro atoms. The molecule has 1 saturated heterocycles. The first-order valence-electron chi connectivity index (χ1n) is 6.71. The molecule has 1 fully saturated rings. The van der Waals surface area contributed by atoms with Crippen LogP contribution >= 0.6 is 23.2 Å². The summed E-state index contributed by atoms with van der Waals surface area (Å²) in [4.78, 5) is 13.7. The SMILES string of the molecule is O=C(CN1CCCC(C(F)F)C1)Nc1ccc(Cl)c(Cl)c1. The maximum absolute atomic E-state index is 12.7. The molecule has 1 heterocycles. The van der Waals surface area contributed by atoms with Crippen molar-refractivity contribution in [3.05, 3.63) is 28.2 Å². The first kappa shape index (κ1) is 16.5. The van der Waals surface area contributed by atoms with E-state index >= 15 is 0 Å². The summed E-state index contributed by atoms with van der Waals surface area (Å²) >= 11 is 11.7. The maximum Gasteiger partial charge on any atom is 0.242 e. The van der Waals surface area contributed by atoms with Gasteiger partial charge in [-0.3, -0.25) is 9.69 Å². The highest BCUT2D eigenvalue weighted by atomic mass is 35.5. The number of amides is 1. The minimum atomic E-state index is -2.33. The minimum absolute atomic E-state index is 0.101. The van der Waals surface area contributed by atoms with Crippen molar-refractivity contribution in [1.82, 2.24) is 4.90 Å². The van der Waals surface area contributed by atoms with Gasteiger partial charge in [0.15, 0.2) is 0 Å². The summed E-state index contributed by atoms with van der Waals surface area (Å²) in [6.07, 6.45) is -1.12. The molecule has 1 atom stereocenters. The Morgan fingerprint density at radius 1 is 1.38 bits per heavy atom. The predicted molar refractivity (Wildman–Crippen MR) is 80.3 cm³/mol. The van der Waals surface area contributed by atoms with E-state index < -0.39 is 12.3 Å². The quantitative estimate of drug-likeness (QED) is 0.904. The lowest BCUT2D eigenvalue weighted by molar-refractivity contribution is -0.118. The van der Waals surface area contributed by atoms with Crippen LogP contribution < -0.4 is 5.32 Å². The Bertz CT molecular complexity index is 514. The number of benzene rings is 1. The summed E-state index contributed by atoms with van der Waals surface area (Å²) in [5.41, 5.74) is 0.539. The number of rotatable bonds is 4. The summed E-state index contributed by atoms with van der Waals surface area (Å²) in [6, 6.07) is 4.79. The molecule has 1 aliphatic rings. The largest absolute Gasteiger partial charge is 0.325 e. The smallest absolute Gasteiger partial charge is 0.242 e. The molecule has 1 aromatic carbocycles. The van der Waals surface area contributed by atoms with E-state index in [1.54, 1.807) is 23.1 Å². The monoisotopic (exact) mass is 336 g/mol. The van der Waals surface area contributed by atoms with Crippen LogP contribution in [0.5, 0.6) is 0 Å². The molecular weight excluding hydrogens is 321 g/mol. The van der Waals surface area contributed by atoms with Crippen molar-refractivity contribution in [1.29, 1.82) is 0 Å². The molecular formula is C14H16Cl2F2N2O. The second-order valence-electron chi connectivity index (χ2n) is 5.15. The summed E-state index contributed by atoms with van der Waals surface area (Å²) in [5, 5.41) is 3.45. The minimum Gasteiger partial charge on any atom is -0.325 e. The van der Waals surface area contributed by atoms with E-state index in [0.717, 1.165) is 0 Å². The van der Waals surface area contributed by atoms with E-state index in [1.807, 2.05) is 0 Å². The molecule has 0 radical (unpaired) electrons. The average Bonchev–Trinajstić information content (AvgIpc) is 2.43. The van der Waals surface area contributed by atoms with Crippen molar-refractivity contribution >= 4 is 34.8 Å². The standard InChI is InChI=1S/C14H16Cl2F2N2O/c15-11-4-3-10(6-12(11)16)19-13(21)8-20-5-1-2-9(7-20)14(17)18/h3-4,6,9,14H,1-2,5,7-8H2,(H,19,21). The molecule has 0 aromatic heterocycles. The van der Waals surface area contributed by atoms with Crippen LogP contribution in [0.2, 0.25) is 10.0 Å². The number of nitrogens with zero attached hydrogens (tertiary/aromatic N) is 1. The molecule has 3 nitrogen and oxygen atoms in total. The molecule has 116 valence electrons. The number of nitrogens with one attached hydrogen (secondary N) is 1. The zero-order chi connectivity index (χ0) is 15.4. The number of anilines is 1. The fourth-order valence-electron chi connectivity index (χ4n) is 2.42. The molecule has 7 heteroatoms. The van der Waals surface area contributed by atoms with Crippen LogP contribution in [0.25, 0.3) is 0 Å². The maximum atomic E-state index is 12.7. The van der Waals surface area contributed by atoms with Gasteiger partial charge in [0.2, 0.25) is 12.3 Å². The zero-order valence-corrected chi connectivity index (χ0v) is 12.8. The van der Waals surface area contributed by atoms with Gasteiger partial charge >= 0.3 is 0 Å². The topological polar surface area (TPSA) is 32.3 Å². The highest BCUT2D eigenvalue weighted by Gasteiger charge is 2.27.